The van der Waals surface area contributed by atoms with Crippen LogP contribution in [-0.2, 0) is 34.9 Å². The van der Waals surface area contributed by atoms with E-state index in [-0.39, 0.29) is 30.7 Å². The van der Waals surface area contributed by atoms with Gasteiger partial charge in [0.05, 0.1) is 36.4 Å². The minimum absolute atomic E-state index is 0.0414. The Balaban J connectivity index is 1.68. The molecule has 2 aromatic carbocycles. The molecule has 2 aliphatic heterocycles. The van der Waals surface area contributed by atoms with E-state index in [4.69, 9.17) is 23.7 Å². The molecule has 326 valence electrons. The topological polar surface area (TPSA) is 130 Å². The molecular weight excluding hydrogens is 737 g/mol. The Labute approximate surface area is 348 Å². The van der Waals surface area contributed by atoms with Gasteiger partial charge in [-0.15, -0.1) is 0 Å². The summed E-state index contributed by atoms with van der Waals surface area (Å²) in [4.78, 5) is 18.4. The summed E-state index contributed by atoms with van der Waals surface area (Å²) in [6.45, 7) is 15.8. The number of carbonyl (C=O) groups is 1. The van der Waals surface area contributed by atoms with Crippen LogP contribution in [0.3, 0.4) is 0 Å². The number of aliphatic hydroxyl groups excluding tert-OH is 1. The van der Waals surface area contributed by atoms with Gasteiger partial charge < -0.3 is 48.8 Å². The fraction of sp³-hybridized carbons (Fsp3) is 0.681. The first-order valence-electron chi connectivity index (χ1n) is 21.3. The molecular formula is C47H74N2O9. The van der Waals surface area contributed by atoms with Crippen LogP contribution >= 0.6 is 0 Å². The minimum Gasteiger partial charge on any atom is -0.459 e. The lowest BCUT2D eigenvalue weighted by Crippen LogP contribution is -2.59. The van der Waals surface area contributed by atoms with E-state index in [1.165, 1.54) is 5.56 Å². The Bertz CT molecular complexity index is 1570. The molecule has 11 heteroatoms. The fourth-order valence-electron chi connectivity index (χ4n) is 9.36. The number of hydrogen-bond acceptors (Lipinski definition) is 11. The Morgan fingerprint density at radius 3 is 2.19 bits per heavy atom. The molecule has 14 atom stereocenters. The smallest absolute Gasteiger partial charge is 0.311 e. The summed E-state index contributed by atoms with van der Waals surface area (Å²) >= 11 is 0. The molecule has 0 aromatic heterocycles. The molecule has 4 rings (SSSR count). The summed E-state index contributed by atoms with van der Waals surface area (Å²) in [5.74, 6) is -2.02. The summed E-state index contributed by atoms with van der Waals surface area (Å²) in [6.07, 6.45) is 0.465. The number of ether oxygens (including phenoxy) is 5. The highest BCUT2D eigenvalue weighted by Gasteiger charge is 2.50. The third kappa shape index (κ3) is 12.0. The first kappa shape index (κ1) is 48.0. The van der Waals surface area contributed by atoms with Crippen LogP contribution in [0.5, 0.6) is 0 Å². The summed E-state index contributed by atoms with van der Waals surface area (Å²) in [6, 6.07) is 18.3. The number of nitrogens with zero attached hydrogens (tertiary/aromatic N) is 2. The van der Waals surface area contributed by atoms with Crippen molar-refractivity contribution < 1.29 is 43.8 Å². The van der Waals surface area contributed by atoms with Gasteiger partial charge in [0.2, 0.25) is 0 Å². The van der Waals surface area contributed by atoms with Gasteiger partial charge in [-0.1, -0.05) is 87.5 Å². The largest absolute Gasteiger partial charge is 0.459 e. The summed E-state index contributed by atoms with van der Waals surface area (Å²) in [7, 11) is 7.37. The summed E-state index contributed by atoms with van der Waals surface area (Å²) in [5, 5.41) is 36.2. The van der Waals surface area contributed by atoms with Crippen LogP contribution < -0.4 is 0 Å². The normalized spacial score (nSPS) is 37.7. The lowest BCUT2D eigenvalue weighted by atomic mass is 9.77. The first-order valence-corrected chi connectivity index (χ1v) is 21.3. The lowest BCUT2D eigenvalue weighted by molar-refractivity contribution is -0.300. The van der Waals surface area contributed by atoms with Crippen LogP contribution in [-0.4, -0.2) is 139 Å². The predicted molar refractivity (Wildman–Crippen MR) is 228 cm³/mol. The molecule has 2 aromatic rings. The van der Waals surface area contributed by atoms with Crippen molar-refractivity contribution in [1.82, 2.24) is 9.80 Å². The SMILES string of the molecule is CC[C@H]1OC(=O)[C@H](C)[C@@H](OC/C=C/Cc2ccc(-c3ccccc3)cc2)[C@H](C)[C@@H](O[C@@H]2O[C@H](C)C[C@H](N(C)C)[C@H]2O)[C@](C)(O)C[C@@H](C)CN(C)[C@H](C)[C@@H](OC)[C@]1(C)O. The molecule has 11 nitrogen and oxygen atoms in total. The van der Waals surface area contributed by atoms with Gasteiger partial charge in [0, 0.05) is 31.7 Å². The van der Waals surface area contributed by atoms with E-state index in [0.717, 1.165) is 11.1 Å². The number of carbonyl (C=O) groups excluding carboxylic acids is 1. The number of hydrogen-bond donors (Lipinski definition) is 3. The van der Waals surface area contributed by atoms with E-state index >= 15 is 0 Å². The van der Waals surface area contributed by atoms with Crippen molar-refractivity contribution in [3.8, 4) is 11.1 Å². The van der Waals surface area contributed by atoms with E-state index in [1.54, 1.807) is 27.9 Å². The van der Waals surface area contributed by atoms with Crippen LogP contribution in [0.15, 0.2) is 66.7 Å². The number of rotatable bonds is 11. The van der Waals surface area contributed by atoms with Gasteiger partial charge in [0.15, 0.2) is 6.29 Å². The van der Waals surface area contributed by atoms with E-state index < -0.39 is 65.8 Å². The number of likely N-dealkylation sites (N-methyl/N-ethyl adjacent to an activating group) is 2. The van der Waals surface area contributed by atoms with E-state index in [9.17, 15) is 20.1 Å². The minimum atomic E-state index is -1.52. The molecule has 0 unspecified atom stereocenters. The van der Waals surface area contributed by atoms with Crippen molar-refractivity contribution in [3.63, 3.8) is 0 Å². The van der Waals surface area contributed by atoms with Gasteiger partial charge in [0.25, 0.3) is 0 Å². The third-order valence-electron chi connectivity index (χ3n) is 12.6. The van der Waals surface area contributed by atoms with Gasteiger partial charge >= 0.3 is 5.97 Å². The van der Waals surface area contributed by atoms with Gasteiger partial charge in [-0.25, -0.2) is 0 Å². The quantitative estimate of drug-likeness (QED) is 0.179. The molecule has 58 heavy (non-hydrogen) atoms. The molecule has 0 aliphatic carbocycles. The first-order chi connectivity index (χ1) is 27.3. The zero-order chi connectivity index (χ0) is 42.9. The van der Waals surface area contributed by atoms with E-state index in [1.807, 2.05) is 84.1 Å². The van der Waals surface area contributed by atoms with Crippen LogP contribution in [0, 0.1) is 17.8 Å². The van der Waals surface area contributed by atoms with Crippen LogP contribution in [0.2, 0.25) is 0 Å². The summed E-state index contributed by atoms with van der Waals surface area (Å²) < 4.78 is 31.8. The number of benzene rings is 2. The average molecular weight is 811 g/mol. The molecule has 0 amide bonds. The van der Waals surface area contributed by atoms with E-state index in [0.29, 0.717) is 32.2 Å². The molecule has 2 fully saturated rings. The molecule has 2 saturated heterocycles. The molecule has 2 aliphatic rings. The second-order valence-corrected chi connectivity index (χ2v) is 17.9. The van der Waals surface area contributed by atoms with Gasteiger partial charge in [-0.05, 0) is 104 Å². The van der Waals surface area contributed by atoms with Gasteiger partial charge in [0.1, 0.15) is 23.9 Å². The Hall–Kier alpha value is -2.71. The van der Waals surface area contributed by atoms with Crippen molar-refractivity contribution in [2.75, 3.05) is 41.4 Å². The van der Waals surface area contributed by atoms with Crippen molar-refractivity contribution >= 4 is 5.97 Å². The number of methoxy groups -OCH3 is 1. The average Bonchev–Trinajstić information content (AvgIpc) is 3.17. The number of aliphatic hydroxyl groups is 3. The predicted octanol–water partition coefficient (Wildman–Crippen LogP) is 6.12. The van der Waals surface area contributed by atoms with E-state index in [2.05, 4.69) is 48.2 Å². The zero-order valence-electron chi connectivity index (χ0n) is 37.2. The Kier molecular flexibility index (Phi) is 17.5. The maximum Gasteiger partial charge on any atom is 0.311 e. The fourth-order valence-corrected chi connectivity index (χ4v) is 9.36. The molecule has 0 saturated carbocycles. The van der Waals surface area contributed by atoms with Gasteiger partial charge in [-0.2, -0.15) is 0 Å². The molecule has 0 radical (unpaired) electrons. The highest BCUT2D eigenvalue weighted by molar-refractivity contribution is 5.73. The highest BCUT2D eigenvalue weighted by Crippen LogP contribution is 2.38. The van der Waals surface area contributed by atoms with Crippen molar-refractivity contribution in [2.45, 2.75) is 147 Å². The van der Waals surface area contributed by atoms with Crippen molar-refractivity contribution in [3.05, 3.63) is 72.3 Å². The Morgan fingerprint density at radius 1 is 0.948 bits per heavy atom. The van der Waals surface area contributed by atoms with Crippen LogP contribution in [0.25, 0.3) is 11.1 Å². The molecule has 0 spiro atoms. The standard InChI is InChI=1S/C47H74N2O9/c1-13-39-47(8,53)43(54-12)34(6)49(11)29-30(2)28-46(7,52)42(58-45-40(50)38(48(9)10)27-31(3)56-45)32(4)41(33(5)44(51)57-39)55-26-18-17-19-35-22-24-37(25-23-35)36-20-15-14-16-21-36/h14-18,20-25,30-34,38-43,45,50,52-53H,13,19,26-29H2,1-12H3/b18-17+/t30-,31-,32+,33-,34-,38+,39-,40-,41+,42-,43-,45+,46-,47-/m1/s1. The highest BCUT2D eigenvalue weighted by atomic mass is 16.7. The third-order valence-corrected chi connectivity index (χ3v) is 12.6. The maximum absolute atomic E-state index is 14.3. The molecule has 2 heterocycles. The van der Waals surface area contributed by atoms with Crippen LogP contribution in [0.4, 0.5) is 0 Å². The molecule has 0 bridgehead atoms. The second-order valence-electron chi connectivity index (χ2n) is 17.9. The number of cyclic esters (lactones) is 1. The van der Waals surface area contributed by atoms with Crippen molar-refractivity contribution in [2.24, 2.45) is 17.8 Å². The maximum atomic E-state index is 14.3. The van der Waals surface area contributed by atoms with Crippen LogP contribution in [0.1, 0.15) is 80.2 Å². The zero-order valence-corrected chi connectivity index (χ0v) is 37.2. The molecule has 3 N–H and O–H groups in total. The van der Waals surface area contributed by atoms with Gasteiger partial charge in [-0.3, -0.25) is 4.79 Å². The monoisotopic (exact) mass is 811 g/mol. The number of esters is 1. The number of allylic oxidation sites excluding steroid dienone is 1. The lowest BCUT2D eigenvalue weighted by Gasteiger charge is -2.47. The Morgan fingerprint density at radius 2 is 1.59 bits per heavy atom. The second kappa shape index (κ2) is 21.2. The summed E-state index contributed by atoms with van der Waals surface area (Å²) in [5.41, 5.74) is 0.496. The van der Waals surface area contributed by atoms with Crippen molar-refractivity contribution in [1.29, 1.82) is 0 Å².